The molecule has 2 aromatic rings. The van der Waals surface area contributed by atoms with Gasteiger partial charge in [0.1, 0.15) is 42.0 Å². The fraction of sp³-hybridized carbons (Fsp3) is 0.455. The number of hydrogen-bond donors (Lipinski definition) is 4. The van der Waals surface area contributed by atoms with Crippen molar-refractivity contribution in [1.82, 2.24) is 25.1 Å². The molecular formula is C22H25F3N6O4. The van der Waals surface area contributed by atoms with Crippen LogP contribution < -0.4 is 5.32 Å². The molecule has 0 unspecified atom stereocenters. The number of halogens is 3. The Balaban J connectivity index is 1.64. The Kier molecular flexibility index (Phi) is 7.19. The summed E-state index contributed by atoms with van der Waals surface area (Å²) >= 11 is 0. The van der Waals surface area contributed by atoms with Crippen LogP contribution in [-0.2, 0) is 4.74 Å². The molecule has 0 aliphatic carbocycles. The van der Waals surface area contributed by atoms with E-state index in [9.17, 15) is 28.2 Å². The molecular weight excluding hydrogens is 469 g/mol. The molecule has 5 atom stereocenters. The minimum absolute atomic E-state index is 0.0195. The molecule has 0 aromatic carbocycles. The summed E-state index contributed by atoms with van der Waals surface area (Å²) in [5, 5.41) is 29.9. The Morgan fingerprint density at radius 2 is 2.09 bits per heavy atom. The molecule has 0 bridgehead atoms. The minimum atomic E-state index is -1.38. The molecule has 4 N–H and O–H groups in total. The normalized spacial score (nSPS) is 27.9. The van der Waals surface area contributed by atoms with Gasteiger partial charge in [0.15, 0.2) is 5.65 Å². The van der Waals surface area contributed by atoms with Gasteiger partial charge in [-0.05, 0) is 18.6 Å². The van der Waals surface area contributed by atoms with Crippen LogP contribution in [0.25, 0.3) is 11.0 Å². The average Bonchev–Trinajstić information content (AvgIpc) is 3.40. The number of hydrogen-bond acceptors (Lipinski definition) is 8. The van der Waals surface area contributed by atoms with Gasteiger partial charge in [-0.2, -0.15) is 5.10 Å². The van der Waals surface area contributed by atoms with Crippen LogP contribution in [0.5, 0.6) is 0 Å². The number of anilines is 1. The Morgan fingerprint density at radius 3 is 2.83 bits per heavy atom. The van der Waals surface area contributed by atoms with Crippen LogP contribution in [0.1, 0.15) is 23.8 Å². The number of amides is 1. The van der Waals surface area contributed by atoms with Crippen LogP contribution >= 0.6 is 0 Å². The van der Waals surface area contributed by atoms with Gasteiger partial charge in [0.2, 0.25) is 0 Å². The third-order valence-electron chi connectivity index (χ3n) is 5.88. The number of carbonyl (C=O) groups is 1. The lowest BCUT2D eigenvalue weighted by atomic mass is 10.0. The van der Waals surface area contributed by atoms with Gasteiger partial charge < -0.3 is 25.2 Å². The number of likely N-dealkylation sites (tertiary alicyclic amines) is 1. The van der Waals surface area contributed by atoms with Crippen molar-refractivity contribution >= 4 is 22.8 Å². The zero-order chi connectivity index (χ0) is 25.3. The number of aromatic nitrogens is 4. The summed E-state index contributed by atoms with van der Waals surface area (Å²) in [6.07, 6.45) is -0.911. The van der Waals surface area contributed by atoms with Crippen LogP contribution in [0, 0.1) is 0 Å². The fourth-order valence-corrected chi connectivity index (χ4v) is 4.21. The van der Waals surface area contributed by atoms with Crippen molar-refractivity contribution in [3.8, 4) is 0 Å². The van der Waals surface area contributed by atoms with Gasteiger partial charge in [0.25, 0.3) is 5.91 Å². The van der Waals surface area contributed by atoms with E-state index in [-0.39, 0.29) is 54.3 Å². The summed E-state index contributed by atoms with van der Waals surface area (Å²) < 4.78 is 46.6. The first-order valence-corrected chi connectivity index (χ1v) is 10.9. The number of carbonyl (C=O) groups excluding carboxylic acids is 1. The number of allylic oxidation sites excluding steroid dienone is 3. The zero-order valence-corrected chi connectivity index (χ0v) is 18.8. The third-order valence-corrected chi connectivity index (χ3v) is 5.88. The Morgan fingerprint density at radius 1 is 1.31 bits per heavy atom. The van der Waals surface area contributed by atoms with E-state index in [4.69, 9.17) is 4.74 Å². The first-order chi connectivity index (χ1) is 16.7. The molecule has 2 saturated heterocycles. The average molecular weight is 494 g/mol. The maximum Gasteiger partial charge on any atom is 0.273 e. The van der Waals surface area contributed by atoms with Crippen molar-refractivity contribution < 1.29 is 32.9 Å². The fourth-order valence-electron chi connectivity index (χ4n) is 4.21. The smallest absolute Gasteiger partial charge is 0.273 e. The highest BCUT2D eigenvalue weighted by Crippen LogP contribution is 2.31. The van der Waals surface area contributed by atoms with Gasteiger partial charge in [0, 0.05) is 12.5 Å². The summed E-state index contributed by atoms with van der Waals surface area (Å²) in [6, 6.07) is -1.61. The second-order valence-corrected chi connectivity index (χ2v) is 8.51. The van der Waals surface area contributed by atoms with Crippen LogP contribution in [0.3, 0.4) is 0 Å². The third kappa shape index (κ3) is 5.21. The van der Waals surface area contributed by atoms with Gasteiger partial charge >= 0.3 is 0 Å². The van der Waals surface area contributed by atoms with Crippen molar-refractivity contribution in [2.75, 3.05) is 25.1 Å². The molecule has 4 heterocycles. The van der Waals surface area contributed by atoms with Crippen LogP contribution in [-0.4, -0.2) is 91.4 Å². The van der Waals surface area contributed by atoms with E-state index < -0.39 is 48.0 Å². The quantitative estimate of drug-likeness (QED) is 0.446. The summed E-state index contributed by atoms with van der Waals surface area (Å²) in [5.74, 6) is -2.16. The number of nitrogens with zero attached hydrogens (tertiary/aromatic N) is 4. The van der Waals surface area contributed by atoms with Crippen LogP contribution in [0.2, 0.25) is 0 Å². The van der Waals surface area contributed by atoms with E-state index >= 15 is 0 Å². The zero-order valence-electron chi connectivity index (χ0n) is 18.8. The molecule has 2 aliphatic heterocycles. The number of rotatable bonds is 6. The Labute approximate surface area is 198 Å². The minimum Gasteiger partial charge on any atom is -0.388 e. The standard InChI is InChI=1S/C22H25F3N6O4/c1-10(3-12(24)4-11(2)23)15-5-13(25)6-31(15)22(34)18-17-20(26-9-27-21(17)30-29-18)28-14-7-35-8-16(32)19(14)33/h3-4,9,13-16,19,32-33H,1,5-8H2,2H3,(H2,26,27,28,29,30)/b11-4+,12-3+/t13-,14+,15+,16+,19-/m0/s1. The Hall–Kier alpha value is -3.29. The second-order valence-electron chi connectivity index (χ2n) is 8.51. The topological polar surface area (TPSA) is 136 Å². The van der Waals surface area contributed by atoms with Crippen molar-refractivity contribution in [2.24, 2.45) is 0 Å². The first kappa shape index (κ1) is 24.8. The first-order valence-electron chi connectivity index (χ1n) is 10.9. The monoisotopic (exact) mass is 494 g/mol. The molecule has 0 saturated carbocycles. The van der Waals surface area contributed by atoms with E-state index in [2.05, 4.69) is 32.1 Å². The molecule has 1 amide bonds. The van der Waals surface area contributed by atoms with E-state index in [0.717, 1.165) is 13.0 Å². The molecule has 2 aromatic heterocycles. The van der Waals surface area contributed by atoms with E-state index in [1.807, 2.05) is 0 Å². The summed E-state index contributed by atoms with van der Waals surface area (Å²) in [6.45, 7) is 4.61. The highest BCUT2D eigenvalue weighted by atomic mass is 19.1. The molecule has 2 aliphatic rings. The molecule has 0 spiro atoms. The SMILES string of the molecule is C=C(/C=C(F)\C=C(/C)F)[C@H]1C[C@H](F)CN1C(=O)c1[nH]nc2ncnc(N[C@@H]3COC[C@@H](O)[C@H]3O)c12. The van der Waals surface area contributed by atoms with Gasteiger partial charge in [-0.25, -0.2) is 23.1 Å². The number of ether oxygens (including phenoxy) is 1. The molecule has 13 heteroatoms. The van der Waals surface area contributed by atoms with Gasteiger partial charge in [-0.3, -0.25) is 9.89 Å². The molecule has 35 heavy (non-hydrogen) atoms. The van der Waals surface area contributed by atoms with Crippen LogP contribution in [0.15, 0.2) is 42.3 Å². The van der Waals surface area contributed by atoms with Gasteiger partial charge in [-0.1, -0.05) is 6.58 Å². The second kappa shape index (κ2) is 10.1. The lowest BCUT2D eigenvalue weighted by Gasteiger charge is -2.32. The van der Waals surface area contributed by atoms with Crippen molar-refractivity contribution in [1.29, 1.82) is 0 Å². The summed E-state index contributed by atoms with van der Waals surface area (Å²) in [4.78, 5) is 22.8. The van der Waals surface area contributed by atoms with Gasteiger partial charge in [0.05, 0.1) is 43.1 Å². The van der Waals surface area contributed by atoms with E-state index in [0.29, 0.717) is 6.08 Å². The van der Waals surface area contributed by atoms with Gasteiger partial charge in [-0.15, -0.1) is 0 Å². The summed E-state index contributed by atoms with van der Waals surface area (Å²) in [7, 11) is 0. The largest absolute Gasteiger partial charge is 0.388 e. The number of aliphatic hydroxyl groups is 2. The molecule has 0 radical (unpaired) electrons. The maximum atomic E-state index is 14.4. The van der Waals surface area contributed by atoms with Crippen LogP contribution in [0.4, 0.5) is 19.0 Å². The highest BCUT2D eigenvalue weighted by Gasteiger charge is 2.39. The van der Waals surface area contributed by atoms with Crippen molar-refractivity contribution in [3.05, 3.63) is 48.0 Å². The number of aromatic amines is 1. The van der Waals surface area contributed by atoms with Crippen molar-refractivity contribution in [3.63, 3.8) is 0 Å². The Bertz CT molecular complexity index is 1180. The summed E-state index contributed by atoms with van der Waals surface area (Å²) in [5.41, 5.74) is 0.188. The number of alkyl halides is 1. The molecule has 4 rings (SSSR count). The molecule has 10 nitrogen and oxygen atoms in total. The lowest BCUT2D eigenvalue weighted by molar-refractivity contribution is -0.0923. The van der Waals surface area contributed by atoms with E-state index in [1.165, 1.54) is 11.2 Å². The number of fused-ring (bicyclic) bond motifs is 1. The predicted octanol–water partition coefficient (Wildman–Crippen LogP) is 1.72. The molecule has 188 valence electrons. The number of H-pyrrole nitrogens is 1. The molecule has 2 fully saturated rings. The predicted molar refractivity (Wildman–Crippen MR) is 119 cm³/mol. The highest BCUT2D eigenvalue weighted by molar-refractivity contribution is 6.08. The lowest BCUT2D eigenvalue weighted by Crippen LogP contribution is -2.51. The number of nitrogens with one attached hydrogen (secondary N) is 2. The maximum absolute atomic E-state index is 14.4. The number of aliphatic hydroxyl groups excluding tert-OH is 2. The van der Waals surface area contributed by atoms with Crippen molar-refractivity contribution in [2.45, 2.75) is 43.8 Å². The van der Waals surface area contributed by atoms with E-state index in [1.54, 1.807) is 0 Å².